The number of aliphatic carboxylic acids is 1. The number of amides is 4. The van der Waals surface area contributed by atoms with Crippen molar-refractivity contribution in [3.05, 3.63) is 35.9 Å². The van der Waals surface area contributed by atoms with Gasteiger partial charge >= 0.3 is 5.97 Å². The Morgan fingerprint density at radius 2 is 1.62 bits per heavy atom. The normalized spacial score (nSPS) is 13.5. The number of hydrogen-bond acceptors (Lipinski definition) is 6. The lowest BCUT2D eigenvalue weighted by Crippen LogP contribution is -2.55. The van der Waals surface area contributed by atoms with Crippen LogP contribution in [-0.2, 0) is 30.4 Å². The smallest absolute Gasteiger partial charge is 0.326 e. The van der Waals surface area contributed by atoms with Crippen LogP contribution in [0.1, 0.15) is 32.3 Å². The average molecular weight is 450 g/mol. The minimum absolute atomic E-state index is 0.176. The van der Waals surface area contributed by atoms with Gasteiger partial charge in [0.05, 0.1) is 12.6 Å². The second-order valence-electron chi connectivity index (χ2n) is 7.71. The summed E-state index contributed by atoms with van der Waals surface area (Å²) >= 11 is 0. The molecule has 3 atom stereocenters. The second kappa shape index (κ2) is 13.1. The van der Waals surface area contributed by atoms with Gasteiger partial charge in [0.2, 0.25) is 23.6 Å². The third-order valence-electron chi connectivity index (χ3n) is 4.62. The number of carboxylic acids is 1. The maximum Gasteiger partial charge on any atom is 0.326 e. The zero-order valence-electron chi connectivity index (χ0n) is 18.2. The maximum absolute atomic E-state index is 12.5. The minimum Gasteiger partial charge on any atom is -0.480 e. The van der Waals surface area contributed by atoms with Crippen molar-refractivity contribution < 1.29 is 29.1 Å². The van der Waals surface area contributed by atoms with Gasteiger partial charge in [-0.05, 0) is 24.3 Å². The van der Waals surface area contributed by atoms with E-state index in [9.17, 15) is 29.1 Å². The van der Waals surface area contributed by atoms with E-state index in [0.717, 1.165) is 5.56 Å². The van der Waals surface area contributed by atoms with Crippen molar-refractivity contribution in [2.75, 3.05) is 6.54 Å². The van der Waals surface area contributed by atoms with Gasteiger partial charge < -0.3 is 32.5 Å². The molecule has 0 heterocycles. The Morgan fingerprint density at radius 3 is 2.16 bits per heavy atom. The topological polar surface area (TPSA) is 194 Å². The molecule has 0 aliphatic carbocycles. The molecular formula is C21H31N5O6. The Hall–Kier alpha value is -3.47. The van der Waals surface area contributed by atoms with E-state index < -0.39 is 54.3 Å². The van der Waals surface area contributed by atoms with E-state index in [4.69, 9.17) is 11.5 Å². The quantitative estimate of drug-likeness (QED) is 0.214. The summed E-state index contributed by atoms with van der Waals surface area (Å²) in [5.74, 6) is -4.28. The van der Waals surface area contributed by atoms with Crippen LogP contribution in [0.5, 0.6) is 0 Å². The summed E-state index contributed by atoms with van der Waals surface area (Å²) < 4.78 is 0. The molecule has 0 aliphatic heterocycles. The molecule has 0 bridgehead atoms. The Bertz CT molecular complexity index is 814. The highest BCUT2D eigenvalue weighted by atomic mass is 16.4. The Labute approximate surface area is 186 Å². The van der Waals surface area contributed by atoms with Gasteiger partial charge in [0, 0.05) is 6.42 Å². The van der Waals surface area contributed by atoms with Crippen molar-refractivity contribution in [2.24, 2.45) is 17.4 Å². The van der Waals surface area contributed by atoms with E-state index in [0.29, 0.717) is 6.42 Å². The molecule has 0 saturated heterocycles. The number of nitrogens with two attached hydrogens (primary N) is 2. The minimum atomic E-state index is -1.33. The third kappa shape index (κ3) is 9.56. The summed E-state index contributed by atoms with van der Waals surface area (Å²) in [6, 6.07) is 5.93. The summed E-state index contributed by atoms with van der Waals surface area (Å²) in [6.07, 6.45) is -0.0943. The monoisotopic (exact) mass is 449 g/mol. The molecule has 3 unspecified atom stereocenters. The van der Waals surface area contributed by atoms with Gasteiger partial charge in [0.25, 0.3) is 0 Å². The first kappa shape index (κ1) is 26.6. The maximum atomic E-state index is 12.5. The van der Waals surface area contributed by atoms with Crippen molar-refractivity contribution >= 4 is 29.6 Å². The molecule has 8 N–H and O–H groups in total. The number of carbonyl (C=O) groups is 5. The molecule has 32 heavy (non-hydrogen) atoms. The second-order valence-corrected chi connectivity index (χ2v) is 7.71. The van der Waals surface area contributed by atoms with Crippen LogP contribution in [0.3, 0.4) is 0 Å². The van der Waals surface area contributed by atoms with Gasteiger partial charge in [-0.1, -0.05) is 44.2 Å². The van der Waals surface area contributed by atoms with Crippen molar-refractivity contribution in [3.63, 3.8) is 0 Å². The van der Waals surface area contributed by atoms with Gasteiger partial charge in [-0.15, -0.1) is 0 Å². The fourth-order valence-electron chi connectivity index (χ4n) is 2.82. The third-order valence-corrected chi connectivity index (χ3v) is 4.62. The molecule has 0 aliphatic rings. The molecular weight excluding hydrogens is 418 g/mol. The van der Waals surface area contributed by atoms with E-state index >= 15 is 0 Å². The van der Waals surface area contributed by atoms with Gasteiger partial charge in [0.15, 0.2) is 0 Å². The number of rotatable bonds is 13. The number of carbonyl (C=O) groups excluding carboxylic acids is 4. The Morgan fingerprint density at radius 1 is 1.00 bits per heavy atom. The molecule has 0 aromatic heterocycles. The van der Waals surface area contributed by atoms with Gasteiger partial charge in [-0.25, -0.2) is 4.79 Å². The van der Waals surface area contributed by atoms with Crippen LogP contribution in [-0.4, -0.2) is 59.4 Å². The SMILES string of the molecule is CC(C)C(NC(=O)CNC(=O)C(N)Cc1ccccc1)C(=O)NC(CCC(N)=O)C(=O)O. The van der Waals surface area contributed by atoms with Crippen molar-refractivity contribution in [1.82, 2.24) is 16.0 Å². The molecule has 176 valence electrons. The molecule has 0 radical (unpaired) electrons. The van der Waals surface area contributed by atoms with E-state index in [1.54, 1.807) is 13.8 Å². The van der Waals surface area contributed by atoms with Crippen LogP contribution >= 0.6 is 0 Å². The van der Waals surface area contributed by atoms with Crippen molar-refractivity contribution in [3.8, 4) is 0 Å². The van der Waals surface area contributed by atoms with E-state index in [2.05, 4.69) is 16.0 Å². The van der Waals surface area contributed by atoms with Crippen LogP contribution in [0.2, 0.25) is 0 Å². The first-order valence-electron chi connectivity index (χ1n) is 10.2. The molecule has 4 amide bonds. The summed E-state index contributed by atoms with van der Waals surface area (Å²) in [5, 5.41) is 16.4. The van der Waals surface area contributed by atoms with Gasteiger partial charge in [-0.2, -0.15) is 0 Å². The highest BCUT2D eigenvalue weighted by Gasteiger charge is 2.29. The van der Waals surface area contributed by atoms with Crippen LogP contribution in [0, 0.1) is 5.92 Å². The highest BCUT2D eigenvalue weighted by molar-refractivity contribution is 5.92. The first-order valence-corrected chi connectivity index (χ1v) is 10.2. The number of primary amides is 1. The van der Waals surface area contributed by atoms with E-state index in [-0.39, 0.29) is 18.8 Å². The summed E-state index contributed by atoms with van der Waals surface area (Å²) in [4.78, 5) is 59.1. The molecule has 0 saturated carbocycles. The predicted octanol–water partition coefficient (Wildman–Crippen LogP) is -1.35. The Balaban J connectivity index is 2.60. The van der Waals surface area contributed by atoms with Crippen LogP contribution in [0.15, 0.2) is 30.3 Å². The summed E-state index contributed by atoms with van der Waals surface area (Å²) in [7, 11) is 0. The first-order chi connectivity index (χ1) is 15.0. The molecule has 11 nitrogen and oxygen atoms in total. The van der Waals surface area contributed by atoms with Crippen molar-refractivity contribution in [1.29, 1.82) is 0 Å². The number of benzene rings is 1. The van der Waals surface area contributed by atoms with Crippen LogP contribution in [0.4, 0.5) is 0 Å². The molecule has 0 fully saturated rings. The molecule has 1 aromatic rings. The molecule has 1 aromatic carbocycles. The lowest BCUT2D eigenvalue weighted by Gasteiger charge is -2.24. The Kier molecular flexibility index (Phi) is 10.8. The van der Waals surface area contributed by atoms with Crippen LogP contribution in [0.25, 0.3) is 0 Å². The summed E-state index contributed by atoms with van der Waals surface area (Å²) in [6.45, 7) is 2.93. The number of nitrogens with one attached hydrogen (secondary N) is 3. The fourth-order valence-corrected chi connectivity index (χ4v) is 2.82. The molecule has 0 spiro atoms. The highest BCUT2D eigenvalue weighted by Crippen LogP contribution is 2.05. The standard InChI is InChI=1S/C21H31N5O6/c1-12(2)18(20(30)25-15(21(31)32)8-9-16(23)27)26-17(28)11-24-19(29)14(22)10-13-6-4-3-5-7-13/h3-7,12,14-15,18H,8-11,22H2,1-2H3,(H2,23,27)(H,24,29)(H,25,30)(H,26,28)(H,31,32). The largest absolute Gasteiger partial charge is 0.480 e. The number of carboxylic acid groups (broad SMARTS) is 1. The van der Waals surface area contributed by atoms with E-state index in [1.165, 1.54) is 0 Å². The van der Waals surface area contributed by atoms with Crippen LogP contribution < -0.4 is 27.4 Å². The van der Waals surface area contributed by atoms with E-state index in [1.807, 2.05) is 30.3 Å². The number of hydrogen-bond donors (Lipinski definition) is 6. The average Bonchev–Trinajstić information content (AvgIpc) is 2.73. The van der Waals surface area contributed by atoms with Gasteiger partial charge in [-0.3, -0.25) is 19.2 Å². The summed E-state index contributed by atoms with van der Waals surface area (Å²) in [5.41, 5.74) is 11.8. The lowest BCUT2D eigenvalue weighted by molar-refractivity contribution is -0.142. The molecule has 1 rings (SSSR count). The van der Waals surface area contributed by atoms with Gasteiger partial charge in [0.1, 0.15) is 12.1 Å². The molecule has 11 heteroatoms. The lowest BCUT2D eigenvalue weighted by atomic mass is 10.0. The zero-order valence-corrected chi connectivity index (χ0v) is 18.2. The van der Waals surface area contributed by atoms with Crippen molar-refractivity contribution in [2.45, 2.75) is 51.2 Å². The predicted molar refractivity (Wildman–Crippen MR) is 116 cm³/mol. The fraction of sp³-hybridized carbons (Fsp3) is 0.476. The zero-order chi connectivity index (χ0) is 24.3.